The van der Waals surface area contributed by atoms with Crippen LogP contribution in [0.15, 0.2) is 41.3 Å². The molecule has 0 spiro atoms. The molecule has 2 aromatic rings. The maximum absolute atomic E-state index is 15.0. The molecule has 2 amide bonds. The van der Waals surface area contributed by atoms with E-state index in [0.29, 0.717) is 6.42 Å². The number of carbonyl (C=O) groups excluding carboxylic acids is 2. The summed E-state index contributed by atoms with van der Waals surface area (Å²) in [6, 6.07) is 7.93. The average Bonchev–Trinajstić information content (AvgIpc) is 3.47. The SMILES string of the molecule is CC(C)(C)OC(=O)N1[C@@H]2CC[C@@H](C2)[C@H]1C(=O)N[C@H](C#N)Cc1ccc(-c2ccc(S(C)(=O)=O)cc2)c(F)c1F. The molecule has 8 nitrogen and oxygen atoms in total. The second-order valence-corrected chi connectivity index (χ2v) is 13.2. The predicted molar refractivity (Wildman–Crippen MR) is 139 cm³/mol. The predicted octanol–water partition coefficient (Wildman–Crippen LogP) is 4.37. The minimum atomic E-state index is -3.44. The van der Waals surface area contributed by atoms with Gasteiger partial charge in [-0.15, -0.1) is 0 Å². The van der Waals surface area contributed by atoms with Gasteiger partial charge in [0.15, 0.2) is 21.5 Å². The van der Waals surface area contributed by atoms with Crippen molar-refractivity contribution in [2.24, 2.45) is 5.92 Å². The number of hydrogen-bond acceptors (Lipinski definition) is 6. The van der Waals surface area contributed by atoms with Crippen molar-refractivity contribution < 1.29 is 31.5 Å². The summed E-state index contributed by atoms with van der Waals surface area (Å²) in [6.45, 7) is 5.22. The van der Waals surface area contributed by atoms with Gasteiger partial charge in [0.2, 0.25) is 5.91 Å². The van der Waals surface area contributed by atoms with Gasteiger partial charge in [0, 0.05) is 24.3 Å². The first-order chi connectivity index (χ1) is 18.2. The zero-order chi connectivity index (χ0) is 28.7. The Morgan fingerprint density at radius 2 is 1.79 bits per heavy atom. The molecule has 208 valence electrons. The smallest absolute Gasteiger partial charge is 0.411 e. The van der Waals surface area contributed by atoms with E-state index in [1.165, 1.54) is 41.3 Å². The van der Waals surface area contributed by atoms with E-state index in [1.807, 2.05) is 6.07 Å². The zero-order valence-electron chi connectivity index (χ0n) is 22.2. The molecule has 39 heavy (non-hydrogen) atoms. The summed E-state index contributed by atoms with van der Waals surface area (Å²) in [6.07, 6.45) is 2.38. The van der Waals surface area contributed by atoms with Gasteiger partial charge in [-0.3, -0.25) is 9.69 Å². The Morgan fingerprint density at radius 1 is 1.13 bits per heavy atom. The van der Waals surface area contributed by atoms with Crippen LogP contribution >= 0.6 is 0 Å². The highest BCUT2D eigenvalue weighted by Gasteiger charge is 2.52. The van der Waals surface area contributed by atoms with Gasteiger partial charge in [-0.25, -0.2) is 22.0 Å². The lowest BCUT2D eigenvalue weighted by atomic mass is 9.96. The second kappa shape index (κ2) is 10.6. The fourth-order valence-electron chi connectivity index (χ4n) is 5.36. The molecule has 4 rings (SSSR count). The lowest BCUT2D eigenvalue weighted by molar-refractivity contribution is -0.128. The summed E-state index contributed by atoms with van der Waals surface area (Å²) in [5.41, 5.74) is -0.621. The molecule has 11 heteroatoms. The van der Waals surface area contributed by atoms with Gasteiger partial charge < -0.3 is 10.1 Å². The number of amides is 2. The first-order valence-corrected chi connectivity index (χ1v) is 14.6. The van der Waals surface area contributed by atoms with E-state index in [-0.39, 0.29) is 40.0 Å². The number of fused-ring (bicyclic) bond motifs is 2. The van der Waals surface area contributed by atoms with Crippen molar-refractivity contribution in [2.45, 2.75) is 75.1 Å². The fraction of sp³-hybridized carbons (Fsp3) is 0.464. The Labute approximate surface area is 226 Å². The molecule has 1 aliphatic heterocycles. The summed E-state index contributed by atoms with van der Waals surface area (Å²) >= 11 is 0. The van der Waals surface area contributed by atoms with Gasteiger partial charge in [-0.1, -0.05) is 24.3 Å². The number of sulfone groups is 1. The summed E-state index contributed by atoms with van der Waals surface area (Å²) in [5, 5.41) is 12.3. The minimum absolute atomic E-state index is 0.0528. The van der Waals surface area contributed by atoms with E-state index < -0.39 is 51.2 Å². The number of likely N-dealkylation sites (tertiary alicyclic amines) is 1. The maximum Gasteiger partial charge on any atom is 0.411 e. The molecule has 0 aromatic heterocycles. The number of halogens is 2. The number of piperidine rings is 1. The molecular weight excluding hydrogens is 528 g/mol. The van der Waals surface area contributed by atoms with Crippen molar-refractivity contribution >= 4 is 21.8 Å². The van der Waals surface area contributed by atoms with Crippen LogP contribution in [-0.2, 0) is 25.8 Å². The quantitative estimate of drug-likeness (QED) is 0.562. The van der Waals surface area contributed by atoms with E-state index in [1.54, 1.807) is 20.8 Å². The van der Waals surface area contributed by atoms with E-state index in [0.717, 1.165) is 19.1 Å². The number of benzene rings is 2. The second-order valence-electron chi connectivity index (χ2n) is 11.2. The molecule has 2 aromatic carbocycles. The van der Waals surface area contributed by atoms with Gasteiger partial charge >= 0.3 is 6.09 Å². The summed E-state index contributed by atoms with van der Waals surface area (Å²) in [5.74, 6) is -2.90. The van der Waals surface area contributed by atoms with Crippen LogP contribution in [-0.4, -0.2) is 55.3 Å². The molecule has 2 aliphatic rings. The highest BCUT2D eigenvalue weighted by Crippen LogP contribution is 2.43. The largest absolute Gasteiger partial charge is 0.444 e. The van der Waals surface area contributed by atoms with Crippen LogP contribution in [0, 0.1) is 28.9 Å². The third-order valence-corrected chi connectivity index (χ3v) is 8.24. The van der Waals surface area contributed by atoms with E-state index in [2.05, 4.69) is 5.32 Å². The van der Waals surface area contributed by atoms with Crippen LogP contribution in [0.3, 0.4) is 0 Å². The minimum Gasteiger partial charge on any atom is -0.444 e. The zero-order valence-corrected chi connectivity index (χ0v) is 23.0. The summed E-state index contributed by atoms with van der Waals surface area (Å²) in [4.78, 5) is 27.6. The molecule has 4 atom stereocenters. The molecule has 1 heterocycles. The monoisotopic (exact) mass is 559 g/mol. The third-order valence-electron chi connectivity index (χ3n) is 7.11. The van der Waals surface area contributed by atoms with Crippen molar-refractivity contribution in [3.8, 4) is 17.2 Å². The Kier molecular flexibility index (Phi) is 7.72. The van der Waals surface area contributed by atoms with Gasteiger partial charge in [0.25, 0.3) is 0 Å². The normalized spacial score (nSPS) is 21.4. The van der Waals surface area contributed by atoms with Crippen molar-refractivity contribution in [2.75, 3.05) is 6.26 Å². The molecule has 1 saturated carbocycles. The number of nitriles is 1. The number of nitrogens with one attached hydrogen (secondary N) is 1. The van der Waals surface area contributed by atoms with Crippen LogP contribution in [0.5, 0.6) is 0 Å². The van der Waals surface area contributed by atoms with E-state index in [9.17, 15) is 23.3 Å². The van der Waals surface area contributed by atoms with Crippen molar-refractivity contribution in [3.63, 3.8) is 0 Å². The topological polar surface area (TPSA) is 117 Å². The number of carbonyl (C=O) groups is 2. The number of rotatable bonds is 6. The van der Waals surface area contributed by atoms with Crippen molar-refractivity contribution in [1.82, 2.24) is 10.2 Å². The molecule has 1 aliphatic carbocycles. The molecule has 2 fully saturated rings. The molecule has 0 unspecified atom stereocenters. The van der Waals surface area contributed by atoms with Gasteiger partial charge in [-0.05, 0) is 69.2 Å². The van der Waals surface area contributed by atoms with Crippen LogP contribution in [0.25, 0.3) is 11.1 Å². The number of hydrogen-bond donors (Lipinski definition) is 1. The van der Waals surface area contributed by atoms with Gasteiger partial charge in [0.05, 0.1) is 11.0 Å². The van der Waals surface area contributed by atoms with Crippen LogP contribution in [0.1, 0.15) is 45.6 Å². The van der Waals surface area contributed by atoms with Crippen LogP contribution < -0.4 is 5.32 Å². The molecule has 1 N–H and O–H groups in total. The third kappa shape index (κ3) is 6.06. The lowest BCUT2D eigenvalue weighted by Gasteiger charge is -2.35. The van der Waals surface area contributed by atoms with E-state index >= 15 is 8.78 Å². The van der Waals surface area contributed by atoms with E-state index in [4.69, 9.17) is 4.74 Å². The highest BCUT2D eigenvalue weighted by molar-refractivity contribution is 7.90. The first-order valence-electron chi connectivity index (χ1n) is 12.7. The van der Waals surface area contributed by atoms with Gasteiger partial charge in [-0.2, -0.15) is 5.26 Å². The van der Waals surface area contributed by atoms with Crippen LogP contribution in [0.2, 0.25) is 0 Å². The van der Waals surface area contributed by atoms with Gasteiger partial charge in [0.1, 0.15) is 17.7 Å². The fourth-order valence-corrected chi connectivity index (χ4v) is 5.99. The lowest BCUT2D eigenvalue weighted by Crippen LogP contribution is -2.55. The Balaban J connectivity index is 1.49. The standard InChI is InChI=1S/C28H31F2N3O5S/c1-28(2,3)38-27(35)33-20-9-5-18(14-20)25(33)26(34)32-19(15-31)13-17-8-12-22(24(30)23(17)29)16-6-10-21(11-7-16)39(4,36)37/h6-8,10-12,18-20,25H,5,9,13-14H2,1-4H3,(H,32,34)/t18-,19-,20+,25-/m0/s1. The Bertz CT molecular complexity index is 1430. The van der Waals surface area contributed by atoms with Crippen molar-refractivity contribution in [1.29, 1.82) is 5.26 Å². The first kappa shape index (κ1) is 28.5. The summed E-state index contributed by atoms with van der Waals surface area (Å²) in [7, 11) is -3.44. The molecule has 2 bridgehead atoms. The van der Waals surface area contributed by atoms with Crippen LogP contribution in [0.4, 0.5) is 13.6 Å². The number of nitrogens with zero attached hydrogens (tertiary/aromatic N) is 2. The Morgan fingerprint density at radius 3 is 2.38 bits per heavy atom. The maximum atomic E-state index is 15.0. The van der Waals surface area contributed by atoms with Crippen molar-refractivity contribution in [3.05, 3.63) is 53.6 Å². The summed E-state index contributed by atoms with van der Waals surface area (Å²) < 4.78 is 58.9. The molecule has 0 radical (unpaired) electrons. The molecule has 1 saturated heterocycles. The molecular formula is C28H31F2N3O5S. The highest BCUT2D eigenvalue weighted by atomic mass is 32.2. The number of ether oxygens (including phenoxy) is 1. The Hall–Kier alpha value is -3.52. The average molecular weight is 560 g/mol.